The Morgan fingerprint density at radius 2 is 1.15 bits per heavy atom. The molecule has 48 heavy (non-hydrogen) atoms. The summed E-state index contributed by atoms with van der Waals surface area (Å²) in [6.45, 7) is 4.48. The van der Waals surface area contributed by atoms with Gasteiger partial charge in [0.2, 0.25) is 11.8 Å². The first-order chi connectivity index (χ1) is 21.7. The van der Waals surface area contributed by atoms with Crippen LogP contribution in [0.1, 0.15) is 46.1 Å². The molecule has 2 aromatic heterocycles. The minimum Gasteiger partial charge on any atom is -0.394 e. The number of aromatic nitrogens is 4. The maximum atomic E-state index is 12.0. The second-order valence-electron chi connectivity index (χ2n) is 11.3. The van der Waals surface area contributed by atoms with Crippen molar-refractivity contribution in [3.63, 3.8) is 0 Å². The van der Waals surface area contributed by atoms with Crippen molar-refractivity contribution >= 4 is 23.5 Å². The summed E-state index contributed by atoms with van der Waals surface area (Å²) < 4.78 is 12.5. The second-order valence-corrected chi connectivity index (χ2v) is 11.3. The number of carbonyl (C=O) groups is 2. The fraction of sp³-hybridized carbons (Fsp3) is 0.630. The van der Waals surface area contributed by atoms with E-state index in [1.165, 1.54) is 24.5 Å². The first-order valence-electron chi connectivity index (χ1n) is 14.4. The number of carbonyl (C=O) groups excluding carboxylic acids is 2. The van der Waals surface area contributed by atoms with Crippen LogP contribution in [0.3, 0.4) is 0 Å². The summed E-state index contributed by atoms with van der Waals surface area (Å²) in [4.78, 5) is 54.7. The molecule has 9 atom stereocenters. The number of nitrogens with one attached hydrogen (secondary N) is 2. The molecule has 2 fully saturated rings. The molecule has 21 heteroatoms. The van der Waals surface area contributed by atoms with Gasteiger partial charge in [0.25, 0.3) is 0 Å². The first kappa shape index (κ1) is 44.6. The Morgan fingerprint density at radius 3 is 1.44 bits per heavy atom. The van der Waals surface area contributed by atoms with E-state index >= 15 is 0 Å². The molecule has 2 aliphatic rings. The van der Waals surface area contributed by atoms with Crippen LogP contribution in [-0.2, 0) is 84.5 Å². The van der Waals surface area contributed by atoms with E-state index in [9.17, 15) is 39.6 Å². The van der Waals surface area contributed by atoms with E-state index in [1.54, 1.807) is 6.92 Å². The Balaban J connectivity index is 0.000000461. The summed E-state index contributed by atoms with van der Waals surface area (Å²) in [6.07, 6.45) is -6.70. The molecule has 0 bridgehead atoms. The Hall–Kier alpha value is -1.45. The number of nitrogens with zero attached hydrogens (tertiary/aromatic N) is 4. The fourth-order valence-corrected chi connectivity index (χ4v) is 4.62. The van der Waals surface area contributed by atoms with Gasteiger partial charge in [-0.3, -0.25) is 18.7 Å². The number of hydrogen-bond donors (Lipinski definition) is 9. The zero-order valence-corrected chi connectivity index (χ0v) is 32.2. The molecular weight excluding hydrogens is 792 g/mol. The van der Waals surface area contributed by atoms with Crippen LogP contribution in [-0.4, -0.2) is 117 Å². The van der Waals surface area contributed by atoms with Crippen molar-refractivity contribution in [2.24, 2.45) is 11.7 Å². The van der Waals surface area contributed by atoms with Crippen molar-refractivity contribution in [2.75, 3.05) is 23.8 Å². The summed E-state index contributed by atoms with van der Waals surface area (Å²) >= 11 is 0. The summed E-state index contributed by atoms with van der Waals surface area (Å²) in [7, 11) is 0. The number of aliphatic hydroxyl groups is 6. The van der Waals surface area contributed by atoms with Crippen LogP contribution in [0, 0.1) is 5.92 Å². The van der Waals surface area contributed by atoms with E-state index in [2.05, 4.69) is 20.6 Å². The first-order valence-corrected chi connectivity index (χ1v) is 14.4. The minimum absolute atomic E-state index is 0. The molecule has 2 aliphatic heterocycles. The number of ether oxygens (including phenoxy) is 2. The normalized spacial score (nSPS) is 26.8. The van der Waals surface area contributed by atoms with E-state index in [4.69, 9.17) is 25.4 Å². The molecule has 4 heterocycles. The van der Waals surface area contributed by atoms with Crippen molar-refractivity contribution in [3.05, 3.63) is 45.5 Å². The van der Waals surface area contributed by atoms with Crippen molar-refractivity contribution in [3.8, 4) is 0 Å². The molecule has 2 aromatic rings. The van der Waals surface area contributed by atoms with Crippen LogP contribution in [0.2, 0.25) is 0 Å². The molecule has 19 nitrogen and oxygen atoms in total. The van der Waals surface area contributed by atoms with Gasteiger partial charge in [0, 0.05) is 96.7 Å². The topological polar surface area (TPSA) is 294 Å². The molecule has 0 aromatic carbocycles. The van der Waals surface area contributed by atoms with E-state index in [0.29, 0.717) is 6.42 Å². The number of aliphatic hydroxyl groups excluding tert-OH is 6. The monoisotopic (exact) mass is 833 g/mol. The maximum absolute atomic E-state index is 12.0. The third-order valence-electron chi connectivity index (χ3n) is 6.88. The van der Waals surface area contributed by atoms with Gasteiger partial charge in [-0.1, -0.05) is 13.8 Å². The fourth-order valence-electron chi connectivity index (χ4n) is 4.62. The predicted octanol–water partition coefficient (Wildman–Crippen LogP) is -3.63. The predicted molar refractivity (Wildman–Crippen MR) is 158 cm³/mol. The Morgan fingerprint density at radius 1 is 0.771 bits per heavy atom. The van der Waals surface area contributed by atoms with Gasteiger partial charge in [-0.15, -0.1) is 0 Å². The van der Waals surface area contributed by atoms with Crippen molar-refractivity contribution < 1.29 is 115 Å². The van der Waals surface area contributed by atoms with Gasteiger partial charge in [0.1, 0.15) is 48.3 Å². The van der Waals surface area contributed by atoms with Crippen LogP contribution in [0.5, 0.6) is 0 Å². The quantitative estimate of drug-likeness (QED) is 0.112. The second kappa shape index (κ2) is 20.4. The van der Waals surface area contributed by atoms with Crippen LogP contribution in [0.15, 0.2) is 34.1 Å². The van der Waals surface area contributed by atoms with Crippen LogP contribution in [0.4, 0.5) is 11.6 Å². The Bertz CT molecular complexity index is 1360. The van der Waals surface area contributed by atoms with Gasteiger partial charge < -0.3 is 56.5 Å². The number of hydrogen-bond acceptors (Lipinski definition) is 15. The largest absolute Gasteiger partial charge is 0.394 e. The van der Waals surface area contributed by atoms with Crippen LogP contribution in [0.25, 0.3) is 0 Å². The van der Waals surface area contributed by atoms with Crippen molar-refractivity contribution in [1.29, 1.82) is 0 Å². The third-order valence-corrected chi connectivity index (χ3v) is 6.88. The SMILES string of the molecule is CC(C)CC(=O)Nc1ccn([C@@H]2O[C@H](CO)C(O)[C@H]2O)c(=O)n1.C[C@@H](N)CC(=O)Nc1ccn([C@@H]2O[C@H](CO)C(O)[C@H]2O)c(=O)n1.[Y].[Y]. The van der Waals surface area contributed by atoms with Crippen LogP contribution < -0.4 is 27.7 Å². The summed E-state index contributed by atoms with van der Waals surface area (Å²) in [5.41, 5.74) is 3.98. The summed E-state index contributed by atoms with van der Waals surface area (Å²) in [5.74, 6) is -0.309. The van der Waals surface area contributed by atoms with Gasteiger partial charge >= 0.3 is 11.4 Å². The smallest absolute Gasteiger partial charge is 0.351 e. The van der Waals surface area contributed by atoms with Crippen molar-refractivity contribution in [2.45, 2.75) is 88.7 Å². The van der Waals surface area contributed by atoms with Gasteiger partial charge in [-0.25, -0.2) is 9.59 Å². The minimum atomic E-state index is -1.38. The molecule has 2 amide bonds. The van der Waals surface area contributed by atoms with Gasteiger partial charge in [0.05, 0.1) is 13.2 Å². The molecule has 0 spiro atoms. The summed E-state index contributed by atoms with van der Waals surface area (Å²) in [5, 5.41) is 62.3. The maximum Gasteiger partial charge on any atom is 0.351 e. The molecule has 10 N–H and O–H groups in total. The average molecular weight is 833 g/mol. The molecule has 4 rings (SSSR count). The average Bonchev–Trinajstić information content (AvgIpc) is 3.42. The van der Waals surface area contributed by atoms with E-state index in [0.717, 1.165) is 9.13 Å². The molecule has 0 aliphatic carbocycles. The van der Waals surface area contributed by atoms with E-state index < -0.39 is 73.7 Å². The number of nitrogens with two attached hydrogens (primary N) is 1. The Kier molecular flexibility index (Phi) is 19.0. The number of rotatable bonds is 10. The standard InChI is InChI=1S/C14H21N3O6.C13H20N4O6.2Y/c1-7(2)5-10(19)15-9-3-4-17(14(22)16-9)13-12(21)11(20)8(6-18)23-13;1-6(14)4-9(19)15-8-2-3-17(13(22)16-8)12-11(21)10(20)7(5-18)23-12;;/h3-4,7-8,11-13,18,20-21H,5-6H2,1-2H3,(H,15,16,19,22);2-3,6-7,10-12,18,20-21H,4-5,14H2,1H3,(H,15,16,19,22);;/t8-,11?,12-,13-;6-,7-,10?,11-,12-;;/m11../s1. The van der Waals surface area contributed by atoms with E-state index in [-0.39, 0.29) is 107 Å². The number of amides is 2. The number of anilines is 2. The van der Waals surface area contributed by atoms with Crippen molar-refractivity contribution in [1.82, 2.24) is 19.1 Å². The zero-order chi connectivity index (χ0) is 34.3. The summed E-state index contributed by atoms with van der Waals surface area (Å²) in [6, 6.07) is 2.43. The molecule has 2 radical (unpaired) electrons. The molecular formula is C27H41N7O12Y2. The van der Waals surface area contributed by atoms with Gasteiger partial charge in [-0.05, 0) is 25.0 Å². The molecule has 2 unspecified atom stereocenters. The van der Waals surface area contributed by atoms with Crippen LogP contribution >= 0.6 is 0 Å². The van der Waals surface area contributed by atoms with Gasteiger partial charge in [0.15, 0.2) is 12.5 Å². The molecule has 262 valence electrons. The third kappa shape index (κ3) is 11.8. The Labute approximate surface area is 325 Å². The molecule has 0 saturated carbocycles. The van der Waals surface area contributed by atoms with E-state index in [1.807, 2.05) is 13.8 Å². The van der Waals surface area contributed by atoms with Gasteiger partial charge in [-0.2, -0.15) is 9.97 Å². The zero-order valence-electron chi connectivity index (χ0n) is 26.6. The molecule has 2 saturated heterocycles.